The Bertz CT molecular complexity index is 2130. The van der Waals surface area contributed by atoms with E-state index in [1.165, 1.54) is 11.1 Å². The van der Waals surface area contributed by atoms with Crippen molar-refractivity contribution < 1.29 is 9.84 Å². The summed E-state index contributed by atoms with van der Waals surface area (Å²) in [5.41, 5.74) is 5.87. The molecule has 2 fully saturated rings. The third-order valence-electron chi connectivity index (χ3n) is 13.0. The number of aromatic nitrogens is 2. The van der Waals surface area contributed by atoms with Gasteiger partial charge in [-0.2, -0.15) is 0 Å². The van der Waals surface area contributed by atoms with Crippen LogP contribution in [0, 0.1) is 5.92 Å². The van der Waals surface area contributed by atoms with Crippen LogP contribution in [0.5, 0.6) is 11.5 Å². The lowest BCUT2D eigenvalue weighted by molar-refractivity contribution is 0.00879. The van der Waals surface area contributed by atoms with Gasteiger partial charge in [-0.15, -0.1) is 0 Å². The molecule has 0 spiro atoms. The third kappa shape index (κ3) is 12.0. The Kier molecular flexibility index (Phi) is 15.6. The van der Waals surface area contributed by atoms with Gasteiger partial charge in [-0.1, -0.05) is 71.7 Å². The van der Waals surface area contributed by atoms with Gasteiger partial charge < -0.3 is 29.5 Å². The van der Waals surface area contributed by atoms with E-state index in [0.717, 1.165) is 117 Å². The second-order valence-corrected chi connectivity index (χ2v) is 18.8. The fourth-order valence-electron chi connectivity index (χ4n) is 9.43. The van der Waals surface area contributed by atoms with E-state index in [9.17, 15) is 5.11 Å². The van der Waals surface area contributed by atoms with Crippen LogP contribution in [-0.4, -0.2) is 119 Å². The zero-order chi connectivity index (χ0) is 42.9. The fraction of sp³-hybridized carbons (Fsp3) is 0.460. The molecule has 0 amide bonds. The lowest BCUT2D eigenvalue weighted by Gasteiger charge is -2.50. The molecular weight excluding hydrogens is 802 g/mol. The van der Waals surface area contributed by atoms with Gasteiger partial charge in [0.15, 0.2) is 0 Å². The SMILES string of the molecule is C[C@H]1CN[C@H](CO)CN(C)[C@@]2(Cc3ccc(Cl)cc3)CCCN(C[C@H](Cc3ccccc3)CCN1Cc1ccc(Cl)cc1Oc1ccc(-c3cnc(CN(C)C)n3C)cc1)C2. The van der Waals surface area contributed by atoms with E-state index in [2.05, 4.69) is 130 Å². The molecule has 3 heterocycles. The summed E-state index contributed by atoms with van der Waals surface area (Å²) >= 11 is 13.0. The minimum atomic E-state index is -0.0659. The molecule has 5 atom stereocenters. The number of ether oxygens (including phenoxy) is 1. The van der Waals surface area contributed by atoms with Crippen molar-refractivity contribution in [2.45, 2.75) is 69.7 Å². The molecule has 2 aliphatic heterocycles. The number of nitrogens with zero attached hydrogens (tertiary/aromatic N) is 6. The number of piperidine rings is 1. The van der Waals surface area contributed by atoms with Crippen molar-refractivity contribution in [1.82, 2.24) is 34.5 Å². The first kappa shape index (κ1) is 45.3. The number of likely N-dealkylation sites (N-methyl/N-ethyl adjacent to an activating group) is 1. The van der Waals surface area contributed by atoms with E-state index in [4.69, 9.17) is 27.9 Å². The Balaban J connectivity index is 1.13. The molecule has 11 heteroatoms. The summed E-state index contributed by atoms with van der Waals surface area (Å²) in [7, 11) is 8.44. The number of aliphatic hydroxyl groups excluding tert-OH is 1. The number of rotatable bonds is 12. The Morgan fingerprint density at radius 2 is 1.66 bits per heavy atom. The normalized spacial score (nSPS) is 23.5. The molecule has 0 aliphatic carbocycles. The predicted molar refractivity (Wildman–Crippen MR) is 251 cm³/mol. The van der Waals surface area contributed by atoms with E-state index in [1.807, 2.05) is 42.6 Å². The van der Waals surface area contributed by atoms with E-state index in [1.54, 1.807) is 0 Å². The van der Waals surface area contributed by atoms with Gasteiger partial charge in [0.1, 0.15) is 17.3 Å². The van der Waals surface area contributed by atoms with E-state index in [-0.39, 0.29) is 24.2 Å². The van der Waals surface area contributed by atoms with Crippen LogP contribution in [0.15, 0.2) is 103 Å². The third-order valence-corrected chi connectivity index (χ3v) is 13.4. The molecule has 2 bridgehead atoms. The largest absolute Gasteiger partial charge is 0.457 e. The van der Waals surface area contributed by atoms with Crippen molar-refractivity contribution in [2.24, 2.45) is 13.0 Å². The quantitative estimate of drug-likeness (QED) is 0.129. The fourth-order valence-corrected chi connectivity index (χ4v) is 9.71. The average molecular weight is 867 g/mol. The first-order valence-corrected chi connectivity index (χ1v) is 22.7. The summed E-state index contributed by atoms with van der Waals surface area (Å²) in [6.45, 7) is 9.39. The number of aliphatic hydroxyl groups is 1. The summed E-state index contributed by atoms with van der Waals surface area (Å²) in [6, 6.07) is 33.8. The highest BCUT2D eigenvalue weighted by atomic mass is 35.5. The molecule has 2 saturated heterocycles. The predicted octanol–water partition coefficient (Wildman–Crippen LogP) is 8.66. The molecule has 1 aromatic heterocycles. The van der Waals surface area contributed by atoms with Crippen molar-refractivity contribution in [3.05, 3.63) is 136 Å². The molecule has 4 aromatic carbocycles. The van der Waals surface area contributed by atoms with Crippen LogP contribution in [0.3, 0.4) is 0 Å². The summed E-state index contributed by atoms with van der Waals surface area (Å²) < 4.78 is 8.80. The number of halogens is 2. The van der Waals surface area contributed by atoms with Gasteiger partial charge in [0.05, 0.1) is 25.0 Å². The topological polar surface area (TPSA) is 72.3 Å². The minimum absolute atomic E-state index is 0.0560. The summed E-state index contributed by atoms with van der Waals surface area (Å²) in [5.74, 6) is 3.00. The highest BCUT2D eigenvalue weighted by molar-refractivity contribution is 6.31. The smallest absolute Gasteiger partial charge is 0.133 e. The first-order valence-electron chi connectivity index (χ1n) is 22.0. The Morgan fingerprint density at radius 1 is 0.902 bits per heavy atom. The van der Waals surface area contributed by atoms with Gasteiger partial charge in [-0.3, -0.25) is 9.80 Å². The number of nitrogens with one attached hydrogen (secondary N) is 1. The number of imidazole rings is 1. The van der Waals surface area contributed by atoms with Crippen LogP contribution in [0.1, 0.15) is 48.7 Å². The molecule has 5 aromatic rings. The molecule has 0 saturated carbocycles. The van der Waals surface area contributed by atoms with E-state index in [0.29, 0.717) is 17.5 Å². The monoisotopic (exact) mass is 865 g/mol. The second-order valence-electron chi connectivity index (χ2n) is 17.9. The molecule has 0 radical (unpaired) electrons. The van der Waals surface area contributed by atoms with Gasteiger partial charge in [0.2, 0.25) is 0 Å². The van der Waals surface area contributed by atoms with Crippen molar-refractivity contribution in [1.29, 1.82) is 0 Å². The van der Waals surface area contributed by atoms with Crippen LogP contribution >= 0.6 is 23.2 Å². The maximum Gasteiger partial charge on any atom is 0.133 e. The van der Waals surface area contributed by atoms with Crippen LogP contribution in [-0.2, 0) is 33.0 Å². The van der Waals surface area contributed by atoms with Crippen LogP contribution in [0.2, 0.25) is 10.0 Å². The number of benzene rings is 4. The Labute approximate surface area is 374 Å². The van der Waals surface area contributed by atoms with Crippen molar-refractivity contribution >= 4 is 23.2 Å². The Morgan fingerprint density at radius 3 is 2.39 bits per heavy atom. The molecule has 2 aliphatic rings. The summed E-state index contributed by atoms with van der Waals surface area (Å²) in [6.07, 6.45) is 7.22. The molecule has 9 nitrogen and oxygen atoms in total. The van der Waals surface area contributed by atoms with Gasteiger partial charge in [-0.05, 0) is 139 Å². The highest BCUT2D eigenvalue weighted by Gasteiger charge is 2.40. The molecule has 2 N–H and O–H groups in total. The number of fused-ring (bicyclic) bond motifs is 2. The second kappa shape index (κ2) is 21.1. The van der Waals surface area contributed by atoms with Crippen molar-refractivity contribution in [3.63, 3.8) is 0 Å². The minimum Gasteiger partial charge on any atom is -0.457 e. The molecule has 7 rings (SSSR count). The standard InChI is InChI=1S/C50H65Cl2N7O2/c1-37-29-53-45(35-60)33-56(4)50(28-39-12-17-43(51)18-13-39)23-9-24-58(36-50)31-40(26-38-10-7-6-8-11-38)22-25-59(37)32-42-14-19-44(52)27-48(42)61-46-20-15-41(16-21-46)47-30-54-49(57(47)5)34-55(2)3/h6-8,10-21,27,30,37,40,45,53,60H,9,22-26,28-29,31-36H2,1-5H3/t37-,40-,45-,50+/m0/s1. The zero-order valence-electron chi connectivity index (χ0n) is 36.7. The molecule has 326 valence electrons. The Hall–Kier alpha value is -3.77. The van der Waals surface area contributed by atoms with E-state index >= 15 is 0 Å². The molecule has 1 unspecified atom stereocenters. The maximum absolute atomic E-state index is 10.8. The van der Waals surface area contributed by atoms with Gasteiger partial charge >= 0.3 is 0 Å². The van der Waals surface area contributed by atoms with Crippen LogP contribution in [0.4, 0.5) is 0 Å². The van der Waals surface area contributed by atoms with Gasteiger partial charge in [0, 0.05) is 78.6 Å². The van der Waals surface area contributed by atoms with Gasteiger partial charge in [-0.25, -0.2) is 4.98 Å². The molecular formula is C50H65Cl2N7O2. The van der Waals surface area contributed by atoms with Crippen molar-refractivity contribution in [2.75, 3.05) is 67.0 Å². The summed E-state index contributed by atoms with van der Waals surface area (Å²) in [4.78, 5) is 14.7. The van der Waals surface area contributed by atoms with Gasteiger partial charge in [0.25, 0.3) is 0 Å². The maximum atomic E-state index is 10.8. The van der Waals surface area contributed by atoms with E-state index < -0.39 is 0 Å². The lowest BCUT2D eigenvalue weighted by Crippen LogP contribution is -2.62. The molecule has 61 heavy (non-hydrogen) atoms. The number of hydrogen-bond donors (Lipinski definition) is 2. The van der Waals surface area contributed by atoms with Crippen LogP contribution < -0.4 is 10.1 Å². The summed E-state index contributed by atoms with van der Waals surface area (Å²) in [5, 5.41) is 16.0. The zero-order valence-corrected chi connectivity index (χ0v) is 38.3. The highest BCUT2D eigenvalue weighted by Crippen LogP contribution is 2.34. The number of hydrogen-bond acceptors (Lipinski definition) is 8. The van der Waals surface area contributed by atoms with Crippen LogP contribution in [0.25, 0.3) is 11.3 Å². The average Bonchev–Trinajstić information content (AvgIpc) is 3.60. The lowest BCUT2D eigenvalue weighted by atomic mass is 9.80. The van der Waals surface area contributed by atoms with Crippen molar-refractivity contribution in [3.8, 4) is 22.8 Å². The first-order chi connectivity index (χ1) is 29.5.